The number of thioether (sulfide) groups is 1. The summed E-state index contributed by atoms with van der Waals surface area (Å²) in [7, 11) is 0. The van der Waals surface area contributed by atoms with Crippen molar-refractivity contribution in [2.24, 2.45) is 5.92 Å². The second-order valence-electron chi connectivity index (χ2n) is 8.32. The topological polar surface area (TPSA) is 98.9 Å². The van der Waals surface area contributed by atoms with E-state index in [0.29, 0.717) is 10.6 Å². The van der Waals surface area contributed by atoms with Gasteiger partial charge < -0.3 is 16.0 Å². The molecule has 2 amide bonds. The van der Waals surface area contributed by atoms with Crippen LogP contribution < -0.4 is 16.0 Å². The van der Waals surface area contributed by atoms with Gasteiger partial charge in [-0.2, -0.15) is 5.10 Å². The van der Waals surface area contributed by atoms with Crippen molar-refractivity contribution in [3.63, 3.8) is 0 Å². The Morgan fingerprint density at radius 1 is 1.11 bits per heavy atom. The number of halogens is 3. The molecular weight excluding hydrogens is 512 g/mol. The predicted molar refractivity (Wildman–Crippen MR) is 142 cm³/mol. The van der Waals surface area contributed by atoms with Crippen LogP contribution in [0.25, 0.3) is 17.0 Å². The first kappa shape index (κ1) is 27.0. The molecule has 11 heteroatoms. The maximum absolute atomic E-state index is 13.3. The highest BCUT2D eigenvalue weighted by atomic mass is 35.5. The van der Waals surface area contributed by atoms with Crippen LogP contribution in [0, 0.1) is 11.7 Å². The SMILES string of the molecule is Cl.Cl.O=C(CC(NC(=O)C1=Cc2[nH]nc3cccc(c23)S1)C1CCNCC1)Nc1ccc(F)cc1. The van der Waals surface area contributed by atoms with Crippen molar-refractivity contribution in [3.8, 4) is 0 Å². The second-order valence-corrected chi connectivity index (χ2v) is 9.41. The molecule has 0 saturated carbocycles. The molecule has 1 atom stereocenters. The lowest BCUT2D eigenvalue weighted by Crippen LogP contribution is -2.46. The number of nitrogens with zero attached hydrogens (tertiary/aromatic N) is 1. The zero-order valence-electron chi connectivity index (χ0n) is 18.7. The van der Waals surface area contributed by atoms with Gasteiger partial charge >= 0.3 is 0 Å². The number of rotatable bonds is 6. The zero-order chi connectivity index (χ0) is 22.8. The van der Waals surface area contributed by atoms with Gasteiger partial charge in [-0.25, -0.2) is 4.39 Å². The number of aromatic nitrogens is 2. The molecule has 1 unspecified atom stereocenters. The van der Waals surface area contributed by atoms with Crippen LogP contribution in [0.5, 0.6) is 0 Å². The quantitative estimate of drug-likeness (QED) is 0.371. The Hall–Kier alpha value is -2.59. The summed E-state index contributed by atoms with van der Waals surface area (Å²) in [6.45, 7) is 1.71. The summed E-state index contributed by atoms with van der Waals surface area (Å²) >= 11 is 1.41. The standard InChI is InChI=1S/C24H24FN5O2S.2ClH/c25-15-4-6-16(7-5-15)27-22(31)13-18(14-8-10-26-11-9-14)28-24(32)21-12-19-23-17(29-30-19)2-1-3-20(23)33-21;;/h1-7,12,14,18,26H,8-11,13H2,(H,27,31)(H,28,32)(H,29,30);2*1H. The maximum atomic E-state index is 13.3. The van der Waals surface area contributed by atoms with E-state index in [-0.39, 0.29) is 60.8 Å². The second kappa shape index (κ2) is 11.9. The van der Waals surface area contributed by atoms with Gasteiger partial charge in [0.1, 0.15) is 5.82 Å². The summed E-state index contributed by atoms with van der Waals surface area (Å²) in [6.07, 6.45) is 3.73. The normalized spacial score (nSPS) is 15.9. The fraction of sp³-hybridized carbons (Fsp3) is 0.292. The number of hydrogen-bond donors (Lipinski definition) is 4. The Kier molecular flexibility index (Phi) is 9.18. The number of carbonyl (C=O) groups is 2. The molecular formula is C24H26Cl2FN5O2S. The van der Waals surface area contributed by atoms with Gasteiger partial charge in [0.25, 0.3) is 5.91 Å². The highest BCUT2D eigenvalue weighted by Crippen LogP contribution is 2.40. The highest BCUT2D eigenvalue weighted by Gasteiger charge is 2.29. The minimum atomic E-state index is -0.359. The van der Waals surface area contributed by atoms with Crippen molar-refractivity contribution in [2.45, 2.75) is 30.2 Å². The first-order chi connectivity index (χ1) is 16.1. The third-order valence-corrected chi connectivity index (χ3v) is 7.18. The molecule has 0 aliphatic carbocycles. The number of hydrogen-bond acceptors (Lipinski definition) is 5. The van der Waals surface area contributed by atoms with E-state index in [1.165, 1.54) is 36.0 Å². The highest BCUT2D eigenvalue weighted by molar-refractivity contribution is 8.04. The number of aromatic amines is 1. The first-order valence-electron chi connectivity index (χ1n) is 11.0. The molecule has 1 saturated heterocycles. The van der Waals surface area contributed by atoms with E-state index in [4.69, 9.17) is 0 Å². The van der Waals surface area contributed by atoms with E-state index in [9.17, 15) is 14.0 Å². The molecule has 3 aromatic rings. The summed E-state index contributed by atoms with van der Waals surface area (Å²) in [5.74, 6) is -0.580. The van der Waals surface area contributed by atoms with Crippen molar-refractivity contribution in [1.82, 2.24) is 20.8 Å². The number of H-pyrrole nitrogens is 1. The van der Waals surface area contributed by atoms with Crippen molar-refractivity contribution in [2.75, 3.05) is 18.4 Å². The molecule has 4 N–H and O–H groups in total. The third-order valence-electron chi connectivity index (χ3n) is 6.09. The fourth-order valence-corrected chi connectivity index (χ4v) is 5.44. The molecule has 7 nitrogen and oxygen atoms in total. The van der Waals surface area contributed by atoms with Crippen LogP contribution in [-0.4, -0.2) is 41.1 Å². The van der Waals surface area contributed by atoms with E-state index in [2.05, 4.69) is 26.1 Å². The van der Waals surface area contributed by atoms with Crippen molar-refractivity contribution < 1.29 is 14.0 Å². The molecule has 5 rings (SSSR count). The lowest BCUT2D eigenvalue weighted by Gasteiger charge is -2.31. The molecule has 0 radical (unpaired) electrons. The Morgan fingerprint density at radius 3 is 2.60 bits per heavy atom. The van der Waals surface area contributed by atoms with Crippen LogP contribution in [0.3, 0.4) is 0 Å². The molecule has 186 valence electrons. The van der Waals surface area contributed by atoms with Crippen molar-refractivity contribution in [3.05, 3.63) is 58.9 Å². The average molecular weight is 538 g/mol. The summed E-state index contributed by atoms with van der Waals surface area (Å²) in [5.41, 5.74) is 2.22. The Morgan fingerprint density at radius 2 is 1.86 bits per heavy atom. The maximum Gasteiger partial charge on any atom is 0.258 e. The average Bonchev–Trinajstić information content (AvgIpc) is 3.25. The fourth-order valence-electron chi connectivity index (χ4n) is 4.41. The molecule has 0 bridgehead atoms. The Bertz CT molecular complexity index is 1230. The largest absolute Gasteiger partial charge is 0.348 e. The number of piperidine rings is 1. The van der Waals surface area contributed by atoms with Gasteiger partial charge in [-0.05, 0) is 74.3 Å². The van der Waals surface area contributed by atoms with Crippen LogP contribution >= 0.6 is 36.6 Å². The van der Waals surface area contributed by atoms with E-state index in [1.54, 1.807) is 0 Å². The molecule has 2 aliphatic heterocycles. The minimum Gasteiger partial charge on any atom is -0.348 e. The van der Waals surface area contributed by atoms with Crippen molar-refractivity contribution in [1.29, 1.82) is 0 Å². The van der Waals surface area contributed by atoms with E-state index >= 15 is 0 Å². The van der Waals surface area contributed by atoms with Gasteiger partial charge in [0.15, 0.2) is 0 Å². The summed E-state index contributed by atoms with van der Waals surface area (Å²) < 4.78 is 13.2. The number of benzene rings is 2. The van der Waals surface area contributed by atoms with E-state index in [0.717, 1.165) is 47.4 Å². The summed E-state index contributed by atoms with van der Waals surface area (Å²) in [4.78, 5) is 27.6. The summed E-state index contributed by atoms with van der Waals surface area (Å²) in [6, 6.07) is 11.2. The Labute approximate surface area is 218 Å². The lowest BCUT2D eigenvalue weighted by atomic mass is 9.88. The van der Waals surface area contributed by atoms with Gasteiger partial charge in [-0.3, -0.25) is 14.7 Å². The summed E-state index contributed by atoms with van der Waals surface area (Å²) in [5, 5.41) is 17.6. The van der Waals surface area contributed by atoms with Crippen LogP contribution in [0.15, 0.2) is 52.3 Å². The Balaban J connectivity index is 0.00000171. The van der Waals surface area contributed by atoms with Gasteiger partial charge in [0.2, 0.25) is 5.91 Å². The van der Waals surface area contributed by atoms with Gasteiger partial charge in [-0.15, -0.1) is 24.8 Å². The molecule has 0 spiro atoms. The third kappa shape index (κ3) is 6.16. The van der Waals surface area contributed by atoms with Crippen LogP contribution in [0.4, 0.5) is 10.1 Å². The van der Waals surface area contributed by atoms with Gasteiger partial charge in [0, 0.05) is 28.4 Å². The smallest absolute Gasteiger partial charge is 0.258 e. The number of amides is 2. The van der Waals surface area contributed by atoms with Gasteiger partial charge in [0.05, 0.1) is 16.1 Å². The molecule has 1 fully saturated rings. The van der Waals surface area contributed by atoms with Crippen molar-refractivity contribution >= 4 is 71.1 Å². The zero-order valence-corrected chi connectivity index (χ0v) is 21.1. The lowest BCUT2D eigenvalue weighted by molar-refractivity contribution is -0.119. The van der Waals surface area contributed by atoms with E-state index in [1.807, 2.05) is 24.3 Å². The molecule has 35 heavy (non-hydrogen) atoms. The number of carbonyl (C=O) groups excluding carboxylic acids is 2. The van der Waals surface area contributed by atoms with Crippen LogP contribution in [-0.2, 0) is 9.59 Å². The van der Waals surface area contributed by atoms with Gasteiger partial charge in [-0.1, -0.05) is 17.8 Å². The predicted octanol–water partition coefficient (Wildman–Crippen LogP) is 4.51. The molecule has 2 aliphatic rings. The first-order valence-corrected chi connectivity index (χ1v) is 11.8. The van der Waals surface area contributed by atoms with E-state index < -0.39 is 0 Å². The monoisotopic (exact) mass is 537 g/mol. The molecule has 2 aromatic carbocycles. The molecule has 1 aromatic heterocycles. The minimum absolute atomic E-state index is 0. The number of nitrogens with one attached hydrogen (secondary N) is 4. The molecule has 3 heterocycles. The van der Waals surface area contributed by atoms with Crippen LogP contribution in [0.2, 0.25) is 0 Å². The van der Waals surface area contributed by atoms with Crippen LogP contribution in [0.1, 0.15) is 25.0 Å². The number of anilines is 1.